The van der Waals surface area contributed by atoms with Crippen molar-refractivity contribution in [3.05, 3.63) is 65.5 Å². The molecule has 1 unspecified atom stereocenters. The number of amides is 3. The lowest BCUT2D eigenvalue weighted by Gasteiger charge is -2.16. The topological polar surface area (TPSA) is 87.3 Å². The molecular formula is C22H24FN3O3. The highest BCUT2D eigenvalue weighted by Crippen LogP contribution is 2.28. The van der Waals surface area contributed by atoms with Crippen LogP contribution in [0.1, 0.15) is 36.9 Å². The predicted octanol–water partition coefficient (Wildman–Crippen LogP) is 2.71. The van der Waals surface area contributed by atoms with E-state index in [9.17, 15) is 18.8 Å². The summed E-state index contributed by atoms with van der Waals surface area (Å²) in [7, 11) is 0. The molecule has 1 atom stereocenters. The maximum absolute atomic E-state index is 13.7. The first-order chi connectivity index (χ1) is 13.9. The Morgan fingerprint density at radius 1 is 1.07 bits per heavy atom. The smallest absolute Gasteiger partial charge is 0.239 e. The number of hydrogen-bond acceptors (Lipinski definition) is 3. The minimum atomic E-state index is -0.415. The molecule has 152 valence electrons. The van der Waals surface area contributed by atoms with Crippen LogP contribution in [0, 0.1) is 11.7 Å². The molecule has 29 heavy (non-hydrogen) atoms. The SMILES string of the molecule is CC(NC(=O)CNC(=O)C1CC1)c1cccc(NC(=O)Cc2ccccc2F)c1. The summed E-state index contributed by atoms with van der Waals surface area (Å²) >= 11 is 0. The van der Waals surface area contributed by atoms with Crippen molar-refractivity contribution in [1.82, 2.24) is 10.6 Å². The van der Waals surface area contributed by atoms with E-state index in [2.05, 4.69) is 16.0 Å². The first-order valence-electron chi connectivity index (χ1n) is 9.62. The Morgan fingerprint density at radius 2 is 1.83 bits per heavy atom. The van der Waals surface area contributed by atoms with E-state index in [0.717, 1.165) is 18.4 Å². The molecule has 6 nitrogen and oxygen atoms in total. The molecule has 0 saturated heterocycles. The third-order valence-corrected chi connectivity index (χ3v) is 4.73. The lowest BCUT2D eigenvalue weighted by molar-refractivity contribution is -0.127. The van der Waals surface area contributed by atoms with Crippen molar-refractivity contribution in [3.63, 3.8) is 0 Å². The fourth-order valence-electron chi connectivity index (χ4n) is 2.94. The van der Waals surface area contributed by atoms with Gasteiger partial charge in [0.2, 0.25) is 17.7 Å². The summed E-state index contributed by atoms with van der Waals surface area (Å²) in [5.74, 6) is -1.04. The van der Waals surface area contributed by atoms with Crippen LogP contribution in [0.15, 0.2) is 48.5 Å². The van der Waals surface area contributed by atoms with E-state index in [1.54, 1.807) is 36.4 Å². The van der Waals surface area contributed by atoms with Gasteiger partial charge < -0.3 is 16.0 Å². The van der Waals surface area contributed by atoms with Crippen molar-refractivity contribution in [1.29, 1.82) is 0 Å². The van der Waals surface area contributed by atoms with E-state index in [4.69, 9.17) is 0 Å². The van der Waals surface area contributed by atoms with Crippen LogP contribution in [0.5, 0.6) is 0 Å². The van der Waals surface area contributed by atoms with Crippen LogP contribution in [-0.2, 0) is 20.8 Å². The fourth-order valence-corrected chi connectivity index (χ4v) is 2.94. The third kappa shape index (κ3) is 6.14. The zero-order valence-corrected chi connectivity index (χ0v) is 16.2. The lowest BCUT2D eigenvalue weighted by atomic mass is 10.1. The molecule has 2 aromatic rings. The second-order valence-corrected chi connectivity index (χ2v) is 7.22. The Labute approximate surface area is 168 Å². The molecular weight excluding hydrogens is 373 g/mol. The molecule has 3 N–H and O–H groups in total. The molecule has 0 spiro atoms. The summed E-state index contributed by atoms with van der Waals surface area (Å²) in [6.07, 6.45) is 1.71. The average Bonchev–Trinajstić information content (AvgIpc) is 3.53. The second kappa shape index (κ2) is 9.32. The standard InChI is InChI=1S/C22H24FN3O3/c1-14(25-21(28)13-24-22(29)15-9-10-15)16-6-4-7-18(11-16)26-20(27)12-17-5-2-3-8-19(17)23/h2-8,11,14-15H,9-10,12-13H2,1H3,(H,24,29)(H,25,28)(H,26,27). The van der Waals surface area contributed by atoms with Crippen LogP contribution in [0.2, 0.25) is 0 Å². The number of rotatable bonds is 8. The average molecular weight is 397 g/mol. The predicted molar refractivity (Wildman–Crippen MR) is 107 cm³/mol. The number of nitrogens with one attached hydrogen (secondary N) is 3. The highest BCUT2D eigenvalue weighted by molar-refractivity contribution is 5.92. The van der Waals surface area contributed by atoms with Crippen LogP contribution >= 0.6 is 0 Å². The quantitative estimate of drug-likeness (QED) is 0.640. The van der Waals surface area contributed by atoms with Gasteiger partial charge in [-0.2, -0.15) is 0 Å². The highest BCUT2D eigenvalue weighted by Gasteiger charge is 2.29. The minimum absolute atomic E-state index is 0.0568. The van der Waals surface area contributed by atoms with E-state index in [-0.39, 0.29) is 42.6 Å². The molecule has 0 bridgehead atoms. The molecule has 0 aromatic heterocycles. The first kappa shape index (κ1) is 20.5. The Bertz CT molecular complexity index is 912. The molecule has 1 aliphatic rings. The minimum Gasteiger partial charge on any atom is -0.348 e. The Kier molecular flexibility index (Phi) is 6.59. The van der Waals surface area contributed by atoms with Crippen molar-refractivity contribution in [2.24, 2.45) is 5.92 Å². The van der Waals surface area contributed by atoms with Gasteiger partial charge in [0.15, 0.2) is 0 Å². The molecule has 2 aromatic carbocycles. The van der Waals surface area contributed by atoms with Gasteiger partial charge in [-0.15, -0.1) is 0 Å². The molecule has 0 radical (unpaired) electrons. The van der Waals surface area contributed by atoms with Gasteiger partial charge in [0, 0.05) is 11.6 Å². The van der Waals surface area contributed by atoms with Crippen LogP contribution < -0.4 is 16.0 Å². The molecule has 3 amide bonds. The molecule has 0 heterocycles. The maximum atomic E-state index is 13.7. The van der Waals surface area contributed by atoms with E-state index in [0.29, 0.717) is 11.3 Å². The van der Waals surface area contributed by atoms with Gasteiger partial charge in [0.05, 0.1) is 19.0 Å². The van der Waals surface area contributed by atoms with E-state index < -0.39 is 5.82 Å². The van der Waals surface area contributed by atoms with Crippen molar-refractivity contribution in [2.75, 3.05) is 11.9 Å². The van der Waals surface area contributed by atoms with Gasteiger partial charge in [-0.25, -0.2) is 4.39 Å². The summed E-state index contributed by atoms with van der Waals surface area (Å²) in [6.45, 7) is 1.76. The van der Waals surface area contributed by atoms with Gasteiger partial charge in [-0.05, 0) is 49.1 Å². The normalized spacial score (nSPS) is 14.0. The number of benzene rings is 2. The molecule has 1 saturated carbocycles. The largest absolute Gasteiger partial charge is 0.348 e. The number of hydrogen-bond donors (Lipinski definition) is 3. The number of anilines is 1. The summed E-state index contributed by atoms with van der Waals surface area (Å²) in [5, 5.41) is 8.20. The van der Waals surface area contributed by atoms with Gasteiger partial charge in [0.1, 0.15) is 5.82 Å². The molecule has 0 aliphatic heterocycles. The van der Waals surface area contributed by atoms with Gasteiger partial charge >= 0.3 is 0 Å². The Balaban J connectivity index is 1.52. The first-order valence-corrected chi connectivity index (χ1v) is 9.62. The number of carbonyl (C=O) groups is 3. The molecule has 3 rings (SSSR count). The highest BCUT2D eigenvalue weighted by atomic mass is 19.1. The van der Waals surface area contributed by atoms with E-state index >= 15 is 0 Å². The summed E-state index contributed by atoms with van der Waals surface area (Å²) in [6, 6.07) is 12.9. The zero-order chi connectivity index (χ0) is 20.8. The van der Waals surface area contributed by atoms with Gasteiger partial charge in [-0.1, -0.05) is 30.3 Å². The summed E-state index contributed by atoms with van der Waals surface area (Å²) in [4.78, 5) is 35.9. The molecule has 1 aliphatic carbocycles. The van der Waals surface area contributed by atoms with Crippen molar-refractivity contribution < 1.29 is 18.8 Å². The van der Waals surface area contributed by atoms with Crippen molar-refractivity contribution >= 4 is 23.4 Å². The maximum Gasteiger partial charge on any atom is 0.239 e. The van der Waals surface area contributed by atoms with Crippen molar-refractivity contribution in [3.8, 4) is 0 Å². The Hall–Kier alpha value is -3.22. The van der Waals surface area contributed by atoms with E-state index in [1.807, 2.05) is 13.0 Å². The Morgan fingerprint density at radius 3 is 2.55 bits per heavy atom. The van der Waals surface area contributed by atoms with Gasteiger partial charge in [-0.3, -0.25) is 14.4 Å². The van der Waals surface area contributed by atoms with E-state index in [1.165, 1.54) is 6.07 Å². The van der Waals surface area contributed by atoms with Crippen LogP contribution in [0.3, 0.4) is 0 Å². The third-order valence-electron chi connectivity index (χ3n) is 4.73. The monoisotopic (exact) mass is 397 g/mol. The second-order valence-electron chi connectivity index (χ2n) is 7.22. The lowest BCUT2D eigenvalue weighted by Crippen LogP contribution is -2.38. The fraction of sp³-hybridized carbons (Fsp3) is 0.318. The molecule has 7 heteroatoms. The number of halogens is 1. The summed E-state index contributed by atoms with van der Waals surface area (Å²) < 4.78 is 13.7. The van der Waals surface area contributed by atoms with Crippen LogP contribution in [0.4, 0.5) is 10.1 Å². The van der Waals surface area contributed by atoms with Gasteiger partial charge in [0.25, 0.3) is 0 Å². The zero-order valence-electron chi connectivity index (χ0n) is 16.2. The van der Waals surface area contributed by atoms with Crippen LogP contribution in [0.25, 0.3) is 0 Å². The number of carbonyl (C=O) groups excluding carboxylic acids is 3. The summed E-state index contributed by atoms with van der Waals surface area (Å²) in [5.41, 5.74) is 1.69. The molecule has 1 fully saturated rings. The van der Waals surface area contributed by atoms with Crippen LogP contribution in [-0.4, -0.2) is 24.3 Å². The van der Waals surface area contributed by atoms with Crippen molar-refractivity contribution in [2.45, 2.75) is 32.2 Å².